The number of benzene rings is 1. The molecule has 1 unspecified atom stereocenters. The van der Waals surface area contributed by atoms with Gasteiger partial charge in [-0.15, -0.1) is 0 Å². The lowest BCUT2D eigenvalue weighted by atomic mass is 9.66. The van der Waals surface area contributed by atoms with Crippen molar-refractivity contribution in [3.05, 3.63) is 34.6 Å². The van der Waals surface area contributed by atoms with Gasteiger partial charge in [0.1, 0.15) is 5.82 Å². The number of rotatable bonds is 4. The van der Waals surface area contributed by atoms with Crippen LogP contribution in [-0.4, -0.2) is 16.6 Å². The van der Waals surface area contributed by atoms with Gasteiger partial charge in [0.15, 0.2) is 0 Å². The van der Waals surface area contributed by atoms with Gasteiger partial charge < -0.3 is 10.8 Å². The summed E-state index contributed by atoms with van der Waals surface area (Å²) in [4.78, 5) is 11.0. The van der Waals surface area contributed by atoms with Crippen LogP contribution in [0.1, 0.15) is 32.8 Å². The summed E-state index contributed by atoms with van der Waals surface area (Å²) in [6.07, 6.45) is -0.179. The van der Waals surface area contributed by atoms with E-state index in [4.69, 9.17) is 22.4 Å². The molecule has 0 spiro atoms. The minimum Gasteiger partial charge on any atom is -0.481 e. The number of hydrogen-bond donors (Lipinski definition) is 2. The Morgan fingerprint density at radius 2 is 2.00 bits per heavy atom. The zero-order valence-corrected chi connectivity index (χ0v) is 11.4. The molecule has 0 aliphatic carbocycles. The van der Waals surface area contributed by atoms with Crippen molar-refractivity contribution in [2.75, 3.05) is 0 Å². The van der Waals surface area contributed by atoms with Crippen LogP contribution in [0.2, 0.25) is 5.02 Å². The van der Waals surface area contributed by atoms with Crippen molar-refractivity contribution in [3.8, 4) is 0 Å². The predicted molar refractivity (Wildman–Crippen MR) is 69.3 cm³/mol. The molecular formula is C13H17ClFNO2. The van der Waals surface area contributed by atoms with E-state index in [1.54, 1.807) is 20.8 Å². The second-order valence-electron chi connectivity index (χ2n) is 5.25. The maximum absolute atomic E-state index is 13.1. The highest BCUT2D eigenvalue weighted by Crippen LogP contribution is 2.40. The molecule has 1 aromatic carbocycles. The van der Waals surface area contributed by atoms with Crippen LogP contribution in [-0.2, 0) is 10.2 Å². The third-order valence-electron chi connectivity index (χ3n) is 3.45. The van der Waals surface area contributed by atoms with Crippen LogP contribution in [0.3, 0.4) is 0 Å². The molecule has 18 heavy (non-hydrogen) atoms. The molecule has 0 saturated heterocycles. The van der Waals surface area contributed by atoms with Gasteiger partial charge >= 0.3 is 5.97 Å². The highest BCUT2D eigenvalue weighted by molar-refractivity contribution is 6.31. The highest BCUT2D eigenvalue weighted by Gasteiger charge is 2.42. The average Bonchev–Trinajstić information content (AvgIpc) is 2.13. The smallest absolute Gasteiger partial charge is 0.304 e. The van der Waals surface area contributed by atoms with Crippen molar-refractivity contribution in [3.63, 3.8) is 0 Å². The monoisotopic (exact) mass is 273 g/mol. The molecule has 0 fully saturated rings. The Bertz CT molecular complexity index is 471. The lowest BCUT2D eigenvalue weighted by Gasteiger charge is -2.41. The van der Waals surface area contributed by atoms with Crippen molar-refractivity contribution in [2.24, 2.45) is 5.73 Å². The fraction of sp³-hybridized carbons (Fsp3) is 0.462. The molecule has 5 heteroatoms. The highest BCUT2D eigenvalue weighted by atomic mass is 35.5. The molecule has 0 aromatic heterocycles. The zero-order valence-electron chi connectivity index (χ0n) is 10.6. The summed E-state index contributed by atoms with van der Waals surface area (Å²) in [6, 6.07) is 3.92. The summed E-state index contributed by atoms with van der Waals surface area (Å²) < 4.78 is 13.1. The quantitative estimate of drug-likeness (QED) is 0.886. The van der Waals surface area contributed by atoms with E-state index >= 15 is 0 Å². The number of carboxylic acids is 1. The van der Waals surface area contributed by atoms with Gasteiger partial charge in [-0.3, -0.25) is 4.79 Å². The van der Waals surface area contributed by atoms with E-state index < -0.39 is 22.7 Å². The van der Waals surface area contributed by atoms with Crippen molar-refractivity contribution in [1.82, 2.24) is 0 Å². The molecule has 0 bridgehead atoms. The molecule has 1 rings (SSSR count). The standard InChI is InChI=1S/C13H17ClFNO2/c1-12(2,16)13(3,7-11(17)18)9-5-4-8(15)6-10(9)14/h4-6H,7,16H2,1-3H3,(H,17,18). The minimum atomic E-state index is -0.976. The first-order valence-corrected chi connectivity index (χ1v) is 5.92. The maximum Gasteiger partial charge on any atom is 0.304 e. The van der Waals surface area contributed by atoms with Gasteiger partial charge in [-0.2, -0.15) is 0 Å². The molecule has 3 N–H and O–H groups in total. The van der Waals surface area contributed by atoms with Gasteiger partial charge in [-0.25, -0.2) is 4.39 Å². The molecular weight excluding hydrogens is 257 g/mol. The second-order valence-corrected chi connectivity index (χ2v) is 5.66. The molecule has 0 aliphatic rings. The van der Waals surface area contributed by atoms with E-state index in [-0.39, 0.29) is 11.4 Å². The van der Waals surface area contributed by atoms with Gasteiger partial charge in [0.25, 0.3) is 0 Å². The third kappa shape index (κ3) is 2.82. The lowest BCUT2D eigenvalue weighted by molar-refractivity contribution is -0.139. The van der Waals surface area contributed by atoms with E-state index in [9.17, 15) is 9.18 Å². The van der Waals surface area contributed by atoms with Crippen LogP contribution in [0, 0.1) is 5.82 Å². The maximum atomic E-state index is 13.1. The Balaban J connectivity index is 3.39. The van der Waals surface area contributed by atoms with Crippen LogP contribution in [0.4, 0.5) is 4.39 Å². The Hall–Kier alpha value is -1.13. The zero-order chi connectivity index (χ0) is 14.1. The molecule has 0 amide bonds. The molecule has 0 aliphatic heterocycles. The van der Waals surface area contributed by atoms with E-state index in [0.29, 0.717) is 5.56 Å². The summed E-state index contributed by atoms with van der Waals surface area (Å²) in [5.74, 6) is -1.44. The first-order chi connectivity index (χ1) is 8.08. The Morgan fingerprint density at radius 1 is 1.44 bits per heavy atom. The Morgan fingerprint density at radius 3 is 2.39 bits per heavy atom. The molecule has 0 heterocycles. The number of hydrogen-bond acceptors (Lipinski definition) is 2. The number of carboxylic acid groups (broad SMARTS) is 1. The van der Waals surface area contributed by atoms with Gasteiger partial charge in [-0.1, -0.05) is 24.6 Å². The van der Waals surface area contributed by atoms with Gasteiger partial charge in [0, 0.05) is 16.0 Å². The van der Waals surface area contributed by atoms with Gasteiger partial charge in [-0.05, 0) is 31.5 Å². The molecule has 1 aromatic rings. The Kier molecular flexibility index (Phi) is 4.03. The molecule has 0 saturated carbocycles. The number of carbonyl (C=O) groups is 1. The van der Waals surface area contributed by atoms with Crippen molar-refractivity contribution in [2.45, 2.75) is 38.1 Å². The molecule has 0 radical (unpaired) electrons. The fourth-order valence-corrected chi connectivity index (χ4v) is 2.29. The first kappa shape index (κ1) is 14.9. The van der Waals surface area contributed by atoms with E-state index in [0.717, 1.165) is 0 Å². The largest absolute Gasteiger partial charge is 0.481 e. The van der Waals surface area contributed by atoms with Crippen LogP contribution in [0.25, 0.3) is 0 Å². The van der Waals surface area contributed by atoms with Gasteiger partial charge in [0.05, 0.1) is 6.42 Å². The second kappa shape index (κ2) is 4.86. The van der Waals surface area contributed by atoms with Crippen LogP contribution in [0.5, 0.6) is 0 Å². The average molecular weight is 274 g/mol. The molecule has 1 atom stereocenters. The summed E-state index contributed by atoms with van der Waals surface area (Å²) in [6.45, 7) is 5.19. The van der Waals surface area contributed by atoms with E-state index in [1.807, 2.05) is 0 Å². The van der Waals surface area contributed by atoms with Crippen LogP contribution in [0.15, 0.2) is 18.2 Å². The molecule has 3 nitrogen and oxygen atoms in total. The summed E-state index contributed by atoms with van der Waals surface area (Å²) >= 11 is 6.01. The third-order valence-corrected chi connectivity index (χ3v) is 3.77. The first-order valence-electron chi connectivity index (χ1n) is 5.54. The summed E-state index contributed by atoms with van der Waals surface area (Å²) in [7, 11) is 0. The predicted octanol–water partition coefficient (Wildman–Crippen LogP) is 2.95. The lowest BCUT2D eigenvalue weighted by Crippen LogP contribution is -2.53. The Labute approximate surface area is 111 Å². The van der Waals surface area contributed by atoms with Crippen molar-refractivity contribution >= 4 is 17.6 Å². The van der Waals surface area contributed by atoms with Crippen LogP contribution < -0.4 is 5.73 Å². The SMILES string of the molecule is CC(C)(N)C(C)(CC(=O)O)c1ccc(F)cc1Cl. The number of aliphatic carboxylic acids is 1. The van der Waals surface area contributed by atoms with Crippen molar-refractivity contribution < 1.29 is 14.3 Å². The van der Waals surface area contributed by atoms with E-state index in [2.05, 4.69) is 0 Å². The normalized spacial score (nSPS) is 15.2. The van der Waals surface area contributed by atoms with Crippen molar-refractivity contribution in [1.29, 1.82) is 0 Å². The van der Waals surface area contributed by atoms with Gasteiger partial charge in [0.2, 0.25) is 0 Å². The molecule has 100 valence electrons. The number of halogens is 2. The van der Waals surface area contributed by atoms with Crippen LogP contribution >= 0.6 is 11.6 Å². The van der Waals surface area contributed by atoms with E-state index in [1.165, 1.54) is 18.2 Å². The summed E-state index contributed by atoms with van der Waals surface area (Å²) in [5.41, 5.74) is 4.93. The topological polar surface area (TPSA) is 63.3 Å². The number of nitrogens with two attached hydrogens (primary N) is 1. The summed E-state index contributed by atoms with van der Waals surface area (Å²) in [5, 5.41) is 9.24. The fourth-order valence-electron chi connectivity index (χ4n) is 1.91. The minimum absolute atomic E-state index is 0.179.